The zero-order chi connectivity index (χ0) is 14.9. The first-order valence-corrected chi connectivity index (χ1v) is 7.54. The lowest BCUT2D eigenvalue weighted by molar-refractivity contribution is 0.0859. The Morgan fingerprint density at radius 1 is 1.33 bits per heavy atom. The molecule has 1 aromatic rings. The van der Waals surface area contributed by atoms with Gasteiger partial charge in [0, 0.05) is 12.1 Å². The molecule has 114 valence electrons. The second-order valence-corrected chi connectivity index (χ2v) is 6.19. The average Bonchev–Trinajstić information content (AvgIpc) is 2.97. The van der Waals surface area contributed by atoms with E-state index in [4.69, 9.17) is 15.2 Å². The minimum atomic E-state index is -0.264. The van der Waals surface area contributed by atoms with Crippen molar-refractivity contribution in [3.8, 4) is 11.5 Å². The fourth-order valence-electron chi connectivity index (χ4n) is 3.05. The van der Waals surface area contributed by atoms with Crippen molar-refractivity contribution in [3.05, 3.63) is 23.8 Å². The molecule has 1 aliphatic heterocycles. The molecule has 1 aliphatic carbocycles. The Hall–Kier alpha value is -1.75. The molecule has 3 rings (SSSR count). The SMILES string of the molecule is CC1CCC(CN)(NC(=O)c2ccc3c(c2)OCO3)CC1. The topological polar surface area (TPSA) is 73.6 Å². The van der Waals surface area contributed by atoms with Crippen LogP contribution in [0.4, 0.5) is 0 Å². The zero-order valence-electron chi connectivity index (χ0n) is 12.4. The standard InChI is InChI=1S/C16H22N2O3/c1-11-4-6-16(9-17,7-5-11)18-15(19)12-2-3-13-14(8-12)21-10-20-13/h2-3,8,11H,4-7,9-10,17H2,1H3,(H,18,19). The third-order valence-corrected chi connectivity index (χ3v) is 4.64. The molecule has 1 saturated carbocycles. The molecule has 21 heavy (non-hydrogen) atoms. The second-order valence-electron chi connectivity index (χ2n) is 6.19. The highest BCUT2D eigenvalue weighted by molar-refractivity contribution is 5.95. The smallest absolute Gasteiger partial charge is 0.251 e. The number of benzene rings is 1. The first-order valence-electron chi connectivity index (χ1n) is 7.54. The van der Waals surface area contributed by atoms with Gasteiger partial charge in [0.05, 0.1) is 5.54 Å². The van der Waals surface area contributed by atoms with Crippen molar-refractivity contribution in [1.82, 2.24) is 5.32 Å². The molecule has 3 N–H and O–H groups in total. The van der Waals surface area contributed by atoms with Crippen LogP contribution in [0.5, 0.6) is 11.5 Å². The molecule has 0 aromatic heterocycles. The number of rotatable bonds is 3. The Morgan fingerprint density at radius 2 is 2.05 bits per heavy atom. The lowest BCUT2D eigenvalue weighted by Crippen LogP contribution is -2.55. The molecule has 5 heteroatoms. The van der Waals surface area contributed by atoms with Crippen LogP contribution in [0.15, 0.2) is 18.2 Å². The van der Waals surface area contributed by atoms with Gasteiger partial charge in [0.1, 0.15) is 0 Å². The van der Waals surface area contributed by atoms with Gasteiger partial charge >= 0.3 is 0 Å². The van der Waals surface area contributed by atoms with Crippen molar-refractivity contribution in [2.75, 3.05) is 13.3 Å². The number of hydrogen-bond donors (Lipinski definition) is 2. The number of carbonyl (C=O) groups is 1. The van der Waals surface area contributed by atoms with E-state index in [1.807, 2.05) is 0 Å². The van der Waals surface area contributed by atoms with E-state index in [-0.39, 0.29) is 18.2 Å². The number of carbonyl (C=O) groups excluding carboxylic acids is 1. The van der Waals surface area contributed by atoms with Crippen molar-refractivity contribution in [1.29, 1.82) is 0 Å². The highest BCUT2D eigenvalue weighted by Gasteiger charge is 2.34. The molecule has 0 bridgehead atoms. The summed E-state index contributed by atoms with van der Waals surface area (Å²) >= 11 is 0. The van der Waals surface area contributed by atoms with Gasteiger partial charge in [-0.15, -0.1) is 0 Å². The minimum absolute atomic E-state index is 0.0895. The van der Waals surface area contributed by atoms with Gasteiger partial charge < -0.3 is 20.5 Å². The number of ether oxygens (including phenoxy) is 2. The van der Waals surface area contributed by atoms with Crippen molar-refractivity contribution in [2.24, 2.45) is 11.7 Å². The fourth-order valence-corrected chi connectivity index (χ4v) is 3.05. The van der Waals surface area contributed by atoms with E-state index in [9.17, 15) is 4.79 Å². The van der Waals surface area contributed by atoms with Crippen LogP contribution in [-0.2, 0) is 0 Å². The van der Waals surface area contributed by atoms with Crippen molar-refractivity contribution in [3.63, 3.8) is 0 Å². The summed E-state index contributed by atoms with van der Waals surface area (Å²) < 4.78 is 10.6. The summed E-state index contributed by atoms with van der Waals surface area (Å²) in [6.07, 6.45) is 4.11. The van der Waals surface area contributed by atoms with Crippen LogP contribution in [0.3, 0.4) is 0 Å². The Kier molecular flexibility index (Phi) is 3.76. The molecule has 5 nitrogen and oxygen atoms in total. The lowest BCUT2D eigenvalue weighted by atomic mass is 9.77. The number of amides is 1. The van der Waals surface area contributed by atoms with Crippen molar-refractivity contribution < 1.29 is 14.3 Å². The lowest BCUT2D eigenvalue weighted by Gasteiger charge is -2.39. The molecule has 1 heterocycles. The Labute approximate surface area is 124 Å². The molecule has 1 fully saturated rings. The van der Waals surface area contributed by atoms with E-state index in [0.717, 1.165) is 25.7 Å². The molecule has 0 spiro atoms. The summed E-state index contributed by atoms with van der Waals surface area (Å²) in [7, 11) is 0. The molecule has 0 atom stereocenters. The van der Waals surface area contributed by atoms with E-state index in [2.05, 4.69) is 12.2 Å². The highest BCUT2D eigenvalue weighted by Crippen LogP contribution is 2.34. The summed E-state index contributed by atoms with van der Waals surface area (Å²) in [4.78, 5) is 12.5. The van der Waals surface area contributed by atoms with E-state index in [0.29, 0.717) is 29.5 Å². The molecule has 0 radical (unpaired) electrons. The molecular weight excluding hydrogens is 268 g/mol. The number of fused-ring (bicyclic) bond motifs is 1. The second kappa shape index (κ2) is 5.56. The van der Waals surface area contributed by atoms with E-state index in [1.165, 1.54) is 0 Å². The Balaban J connectivity index is 1.73. The maximum Gasteiger partial charge on any atom is 0.251 e. The summed E-state index contributed by atoms with van der Waals surface area (Å²) in [6, 6.07) is 5.27. The molecule has 0 unspecified atom stereocenters. The number of hydrogen-bond acceptors (Lipinski definition) is 4. The quantitative estimate of drug-likeness (QED) is 0.893. The monoisotopic (exact) mass is 290 g/mol. The number of nitrogens with two attached hydrogens (primary N) is 1. The number of nitrogens with one attached hydrogen (secondary N) is 1. The summed E-state index contributed by atoms with van der Waals surface area (Å²) in [5, 5.41) is 3.15. The normalized spacial score (nSPS) is 27.4. The van der Waals surface area contributed by atoms with E-state index in [1.54, 1.807) is 18.2 Å². The van der Waals surface area contributed by atoms with Crippen LogP contribution >= 0.6 is 0 Å². The molecule has 2 aliphatic rings. The predicted molar refractivity (Wildman–Crippen MR) is 79.4 cm³/mol. The van der Waals surface area contributed by atoms with Crippen molar-refractivity contribution in [2.45, 2.75) is 38.1 Å². The maximum absolute atomic E-state index is 12.5. The third kappa shape index (κ3) is 2.83. The van der Waals surface area contributed by atoms with Crippen LogP contribution in [-0.4, -0.2) is 24.8 Å². The largest absolute Gasteiger partial charge is 0.454 e. The molecule has 1 amide bonds. The zero-order valence-corrected chi connectivity index (χ0v) is 12.4. The first kappa shape index (κ1) is 14.2. The molecule has 0 saturated heterocycles. The average molecular weight is 290 g/mol. The van der Waals surface area contributed by atoms with Gasteiger partial charge in [-0.05, 0) is 49.8 Å². The molecular formula is C16H22N2O3. The Morgan fingerprint density at radius 3 is 2.76 bits per heavy atom. The van der Waals surface area contributed by atoms with Gasteiger partial charge in [0.2, 0.25) is 6.79 Å². The van der Waals surface area contributed by atoms with Crippen LogP contribution < -0.4 is 20.5 Å². The minimum Gasteiger partial charge on any atom is -0.454 e. The van der Waals surface area contributed by atoms with Gasteiger partial charge in [0.25, 0.3) is 5.91 Å². The van der Waals surface area contributed by atoms with Crippen LogP contribution in [0.25, 0.3) is 0 Å². The third-order valence-electron chi connectivity index (χ3n) is 4.64. The van der Waals surface area contributed by atoms with Crippen LogP contribution in [0.1, 0.15) is 43.0 Å². The summed E-state index contributed by atoms with van der Waals surface area (Å²) in [6.45, 7) is 2.95. The maximum atomic E-state index is 12.5. The summed E-state index contributed by atoms with van der Waals surface area (Å²) in [5.74, 6) is 1.94. The van der Waals surface area contributed by atoms with Gasteiger partial charge in [-0.1, -0.05) is 6.92 Å². The van der Waals surface area contributed by atoms with Crippen molar-refractivity contribution >= 4 is 5.91 Å². The van der Waals surface area contributed by atoms with Gasteiger partial charge in [-0.25, -0.2) is 0 Å². The molecule has 1 aromatic carbocycles. The van der Waals surface area contributed by atoms with Gasteiger partial charge in [0.15, 0.2) is 11.5 Å². The van der Waals surface area contributed by atoms with Gasteiger partial charge in [-0.2, -0.15) is 0 Å². The van der Waals surface area contributed by atoms with Crippen LogP contribution in [0, 0.1) is 5.92 Å². The van der Waals surface area contributed by atoms with E-state index >= 15 is 0 Å². The summed E-state index contributed by atoms with van der Waals surface area (Å²) in [5.41, 5.74) is 6.27. The van der Waals surface area contributed by atoms with Crippen LogP contribution in [0.2, 0.25) is 0 Å². The van der Waals surface area contributed by atoms with Gasteiger partial charge in [-0.3, -0.25) is 4.79 Å². The Bertz CT molecular complexity index is 536. The first-order chi connectivity index (χ1) is 10.1. The highest BCUT2D eigenvalue weighted by atomic mass is 16.7. The fraction of sp³-hybridized carbons (Fsp3) is 0.562. The predicted octanol–water partition coefficient (Wildman–Crippen LogP) is 2.05. The van der Waals surface area contributed by atoms with E-state index < -0.39 is 0 Å².